The molecule has 0 spiro atoms. The van der Waals surface area contributed by atoms with Gasteiger partial charge in [-0.15, -0.1) is 0 Å². The van der Waals surface area contributed by atoms with Gasteiger partial charge in [-0.25, -0.2) is 0 Å². The molecule has 0 aliphatic heterocycles. The number of rotatable bonds is 4. The van der Waals surface area contributed by atoms with E-state index in [0.29, 0.717) is 0 Å². The molecule has 0 aromatic rings. The lowest BCUT2D eigenvalue weighted by Crippen LogP contribution is -2.33. The van der Waals surface area contributed by atoms with Gasteiger partial charge >= 0.3 is 5.97 Å². The Bertz CT molecular complexity index is 199. The van der Waals surface area contributed by atoms with Crippen LogP contribution >= 0.6 is 0 Å². The molecule has 1 N–H and O–H groups in total. The number of carboxylic acids is 1. The Balaban J connectivity index is 4.71. The Morgan fingerprint density at radius 2 is 1.64 bits per heavy atom. The van der Waals surface area contributed by atoms with Crippen LogP contribution in [0.15, 0.2) is 0 Å². The second-order valence-electron chi connectivity index (χ2n) is 6.00. The van der Waals surface area contributed by atoms with E-state index in [1.807, 2.05) is 13.8 Å². The van der Waals surface area contributed by atoms with Crippen molar-refractivity contribution in [2.45, 2.75) is 54.4 Å². The minimum absolute atomic E-state index is 0.0789. The Hall–Kier alpha value is -0.530. The van der Waals surface area contributed by atoms with Gasteiger partial charge in [0.1, 0.15) is 0 Å². The van der Waals surface area contributed by atoms with E-state index in [-0.39, 0.29) is 16.7 Å². The van der Waals surface area contributed by atoms with Crippen LogP contribution in [-0.2, 0) is 4.79 Å². The quantitative estimate of drug-likeness (QED) is 0.753. The molecule has 1 unspecified atom stereocenters. The molecule has 0 aliphatic carbocycles. The summed E-state index contributed by atoms with van der Waals surface area (Å²) in [5, 5.41) is 9.20. The molecule has 0 fully saturated rings. The highest BCUT2D eigenvalue weighted by molar-refractivity contribution is 5.71. The summed E-state index contributed by atoms with van der Waals surface area (Å²) in [7, 11) is 0. The van der Waals surface area contributed by atoms with Gasteiger partial charge in [-0.1, -0.05) is 48.0 Å². The summed E-state index contributed by atoms with van der Waals surface area (Å²) in [6.07, 6.45) is 1.64. The minimum atomic E-state index is -0.660. The molecule has 84 valence electrons. The first-order valence-electron chi connectivity index (χ1n) is 5.33. The lowest BCUT2D eigenvalue weighted by molar-refractivity contribution is -0.147. The fraction of sp³-hybridized carbons (Fsp3) is 0.917. The zero-order chi connectivity index (χ0) is 11.6. The predicted molar refractivity (Wildman–Crippen MR) is 59.3 cm³/mol. The van der Waals surface area contributed by atoms with Crippen LogP contribution in [0.5, 0.6) is 0 Å². The average Bonchev–Trinajstić information content (AvgIpc) is 1.98. The smallest absolute Gasteiger partial charge is 0.307 e. The first-order chi connectivity index (χ1) is 6.10. The van der Waals surface area contributed by atoms with Crippen LogP contribution in [0.2, 0.25) is 0 Å². The third-order valence-electron chi connectivity index (χ3n) is 2.97. The molecule has 0 aromatic carbocycles. The van der Waals surface area contributed by atoms with Gasteiger partial charge in [-0.05, 0) is 17.3 Å². The topological polar surface area (TPSA) is 37.3 Å². The first kappa shape index (κ1) is 13.5. The molecule has 2 heteroatoms. The van der Waals surface area contributed by atoms with E-state index in [1.165, 1.54) is 0 Å². The number of hydrogen-bond acceptors (Lipinski definition) is 1. The van der Waals surface area contributed by atoms with Gasteiger partial charge in [0.2, 0.25) is 0 Å². The average molecular weight is 200 g/mol. The van der Waals surface area contributed by atoms with Gasteiger partial charge in [-0.3, -0.25) is 4.79 Å². The van der Waals surface area contributed by atoms with Gasteiger partial charge in [0.05, 0.1) is 5.92 Å². The van der Waals surface area contributed by atoms with E-state index in [4.69, 9.17) is 0 Å². The van der Waals surface area contributed by atoms with Crippen molar-refractivity contribution in [2.24, 2.45) is 16.7 Å². The highest BCUT2D eigenvalue weighted by Crippen LogP contribution is 2.38. The minimum Gasteiger partial charge on any atom is -0.481 e. The monoisotopic (exact) mass is 200 g/mol. The van der Waals surface area contributed by atoms with Gasteiger partial charge < -0.3 is 5.11 Å². The van der Waals surface area contributed by atoms with Crippen molar-refractivity contribution < 1.29 is 9.90 Å². The first-order valence-corrected chi connectivity index (χ1v) is 5.33. The zero-order valence-corrected chi connectivity index (χ0v) is 10.3. The van der Waals surface area contributed by atoms with Crippen molar-refractivity contribution >= 4 is 5.97 Å². The number of carbonyl (C=O) groups is 1. The van der Waals surface area contributed by atoms with Crippen molar-refractivity contribution in [3.63, 3.8) is 0 Å². The summed E-state index contributed by atoms with van der Waals surface area (Å²) in [5.74, 6) is -0.903. The maximum atomic E-state index is 11.2. The highest BCUT2D eigenvalue weighted by atomic mass is 16.4. The highest BCUT2D eigenvalue weighted by Gasteiger charge is 2.36. The van der Waals surface area contributed by atoms with Crippen LogP contribution in [-0.4, -0.2) is 11.1 Å². The summed E-state index contributed by atoms with van der Waals surface area (Å²) in [6, 6.07) is 0. The van der Waals surface area contributed by atoms with E-state index in [2.05, 4.69) is 27.7 Å². The van der Waals surface area contributed by atoms with Crippen molar-refractivity contribution in [2.75, 3.05) is 0 Å². The molecule has 1 atom stereocenters. The zero-order valence-electron chi connectivity index (χ0n) is 10.3. The van der Waals surface area contributed by atoms with Crippen LogP contribution in [0.25, 0.3) is 0 Å². The van der Waals surface area contributed by atoms with E-state index >= 15 is 0 Å². The maximum Gasteiger partial charge on any atom is 0.307 e. The van der Waals surface area contributed by atoms with E-state index in [9.17, 15) is 9.90 Å². The van der Waals surface area contributed by atoms with E-state index < -0.39 is 5.97 Å². The third kappa shape index (κ3) is 4.12. The fourth-order valence-electron chi connectivity index (χ4n) is 1.56. The molecule has 0 heterocycles. The van der Waals surface area contributed by atoms with Crippen molar-refractivity contribution in [3.8, 4) is 0 Å². The Morgan fingerprint density at radius 1 is 1.21 bits per heavy atom. The summed E-state index contributed by atoms with van der Waals surface area (Å²) in [4.78, 5) is 11.2. The van der Waals surface area contributed by atoms with Crippen molar-refractivity contribution in [3.05, 3.63) is 0 Å². The van der Waals surface area contributed by atoms with Crippen LogP contribution in [0, 0.1) is 16.7 Å². The largest absolute Gasteiger partial charge is 0.481 e. The number of hydrogen-bond donors (Lipinski definition) is 1. The van der Waals surface area contributed by atoms with Crippen LogP contribution in [0.4, 0.5) is 0 Å². The van der Waals surface area contributed by atoms with Gasteiger partial charge in [0.25, 0.3) is 0 Å². The molecular weight excluding hydrogens is 176 g/mol. The molecule has 0 amide bonds. The SMILES string of the molecule is CCC(C)(C)C(CC(C)(C)C)C(=O)O. The Labute approximate surface area is 87.7 Å². The molecular formula is C12H24O2. The van der Waals surface area contributed by atoms with Crippen molar-refractivity contribution in [1.82, 2.24) is 0 Å². The third-order valence-corrected chi connectivity index (χ3v) is 2.97. The molecule has 0 radical (unpaired) electrons. The van der Waals surface area contributed by atoms with Crippen LogP contribution in [0.1, 0.15) is 54.4 Å². The Morgan fingerprint density at radius 3 is 1.86 bits per heavy atom. The normalized spacial score (nSPS) is 15.3. The molecule has 0 aromatic heterocycles. The molecule has 0 aliphatic rings. The fourth-order valence-corrected chi connectivity index (χ4v) is 1.56. The second kappa shape index (κ2) is 4.33. The lowest BCUT2D eigenvalue weighted by atomic mass is 9.70. The predicted octanol–water partition coefficient (Wildman–Crippen LogP) is 3.56. The van der Waals surface area contributed by atoms with Crippen molar-refractivity contribution in [1.29, 1.82) is 0 Å². The maximum absolute atomic E-state index is 11.2. The van der Waals surface area contributed by atoms with Gasteiger partial charge in [0.15, 0.2) is 0 Å². The number of aliphatic carboxylic acids is 1. The standard InChI is InChI=1S/C12H24O2/c1-7-12(5,6)9(10(13)14)8-11(2,3)4/h9H,7-8H2,1-6H3,(H,13,14). The van der Waals surface area contributed by atoms with Crippen LogP contribution in [0.3, 0.4) is 0 Å². The second-order valence-corrected chi connectivity index (χ2v) is 6.00. The van der Waals surface area contributed by atoms with Crippen LogP contribution < -0.4 is 0 Å². The molecule has 2 nitrogen and oxygen atoms in total. The summed E-state index contributed by atoms with van der Waals surface area (Å²) < 4.78 is 0. The summed E-state index contributed by atoms with van der Waals surface area (Å²) in [5.41, 5.74) is -0.0331. The van der Waals surface area contributed by atoms with Gasteiger partial charge in [-0.2, -0.15) is 0 Å². The number of carboxylic acid groups (broad SMARTS) is 1. The lowest BCUT2D eigenvalue weighted by Gasteiger charge is -2.34. The van der Waals surface area contributed by atoms with E-state index in [1.54, 1.807) is 0 Å². The van der Waals surface area contributed by atoms with E-state index in [0.717, 1.165) is 12.8 Å². The molecule has 0 saturated carbocycles. The van der Waals surface area contributed by atoms with Gasteiger partial charge in [0, 0.05) is 0 Å². The molecule has 0 saturated heterocycles. The molecule has 0 rings (SSSR count). The molecule has 0 bridgehead atoms. The Kier molecular flexibility index (Phi) is 4.16. The molecule has 14 heavy (non-hydrogen) atoms. The summed E-state index contributed by atoms with van der Waals surface area (Å²) >= 11 is 0. The summed E-state index contributed by atoms with van der Waals surface area (Å²) in [6.45, 7) is 12.4.